The van der Waals surface area contributed by atoms with Crippen LogP contribution in [0.5, 0.6) is 0 Å². The molecular weight excluding hydrogens is 252 g/mol. The number of urea groups is 1. The quantitative estimate of drug-likeness (QED) is 0.639. The van der Waals surface area contributed by atoms with Crippen LogP contribution in [-0.2, 0) is 6.42 Å². The van der Waals surface area contributed by atoms with Crippen LogP contribution in [0, 0.1) is 5.92 Å². The first-order valence-electron chi connectivity index (χ1n) is 7.37. The number of benzene rings is 1. The number of aliphatic hydroxyl groups is 1. The number of nitrogens with one attached hydrogen (secondary N) is 2. The lowest BCUT2D eigenvalue weighted by Crippen LogP contribution is -2.41. The molecular formula is C16H26N2O2. The number of hydrogen-bond donors (Lipinski definition) is 3. The molecule has 0 fully saturated rings. The van der Waals surface area contributed by atoms with Crippen molar-refractivity contribution in [3.8, 4) is 0 Å². The number of aryl methyl sites for hydroxylation is 1. The van der Waals surface area contributed by atoms with Gasteiger partial charge >= 0.3 is 6.03 Å². The maximum absolute atomic E-state index is 11.5. The van der Waals surface area contributed by atoms with E-state index in [0.717, 1.165) is 19.3 Å². The molecule has 0 aliphatic heterocycles. The Balaban J connectivity index is 2.08. The Labute approximate surface area is 121 Å². The van der Waals surface area contributed by atoms with Gasteiger partial charge in [-0.3, -0.25) is 0 Å². The maximum Gasteiger partial charge on any atom is 0.314 e. The van der Waals surface area contributed by atoms with E-state index in [1.807, 2.05) is 32.0 Å². The molecule has 112 valence electrons. The van der Waals surface area contributed by atoms with Crippen molar-refractivity contribution in [3.63, 3.8) is 0 Å². The van der Waals surface area contributed by atoms with Crippen LogP contribution < -0.4 is 10.6 Å². The van der Waals surface area contributed by atoms with Crippen molar-refractivity contribution < 1.29 is 9.90 Å². The van der Waals surface area contributed by atoms with E-state index in [1.54, 1.807) is 0 Å². The second-order valence-electron chi connectivity index (χ2n) is 5.18. The lowest BCUT2D eigenvalue weighted by atomic mass is 10.0. The Hall–Kier alpha value is -1.55. The minimum Gasteiger partial charge on any atom is -0.391 e. The minimum absolute atomic E-state index is 0.202. The molecule has 0 heterocycles. The van der Waals surface area contributed by atoms with Gasteiger partial charge in [0.25, 0.3) is 0 Å². The number of rotatable bonds is 8. The molecule has 0 radical (unpaired) electrons. The SMILES string of the molecule is CCC(C)C(O)CNC(=O)NCCCc1ccccc1. The van der Waals surface area contributed by atoms with Crippen LogP contribution in [0.25, 0.3) is 0 Å². The molecule has 2 amide bonds. The fourth-order valence-electron chi connectivity index (χ4n) is 1.87. The van der Waals surface area contributed by atoms with Crippen LogP contribution in [0.15, 0.2) is 30.3 Å². The molecule has 2 atom stereocenters. The molecule has 3 N–H and O–H groups in total. The van der Waals surface area contributed by atoms with Gasteiger partial charge in [0.15, 0.2) is 0 Å². The van der Waals surface area contributed by atoms with Crippen molar-refractivity contribution >= 4 is 6.03 Å². The summed E-state index contributed by atoms with van der Waals surface area (Å²) in [7, 11) is 0. The fraction of sp³-hybridized carbons (Fsp3) is 0.562. The molecule has 20 heavy (non-hydrogen) atoms. The molecule has 4 heteroatoms. The Morgan fingerprint density at radius 1 is 1.25 bits per heavy atom. The van der Waals surface area contributed by atoms with E-state index in [2.05, 4.69) is 22.8 Å². The summed E-state index contributed by atoms with van der Waals surface area (Å²) in [5.74, 6) is 0.202. The molecule has 0 aliphatic carbocycles. The van der Waals surface area contributed by atoms with Gasteiger partial charge in [-0.1, -0.05) is 50.6 Å². The third kappa shape index (κ3) is 6.57. The molecule has 4 nitrogen and oxygen atoms in total. The lowest BCUT2D eigenvalue weighted by Gasteiger charge is -2.17. The third-order valence-electron chi connectivity index (χ3n) is 3.54. The number of hydrogen-bond acceptors (Lipinski definition) is 2. The number of carbonyl (C=O) groups is 1. The summed E-state index contributed by atoms with van der Waals surface area (Å²) in [6.45, 7) is 4.95. The molecule has 0 aromatic heterocycles. The van der Waals surface area contributed by atoms with Crippen LogP contribution in [-0.4, -0.2) is 30.3 Å². The summed E-state index contributed by atoms with van der Waals surface area (Å²) >= 11 is 0. The summed E-state index contributed by atoms with van der Waals surface area (Å²) < 4.78 is 0. The van der Waals surface area contributed by atoms with E-state index in [9.17, 15) is 9.90 Å². The van der Waals surface area contributed by atoms with E-state index in [4.69, 9.17) is 0 Å². The van der Waals surface area contributed by atoms with Crippen LogP contribution in [0.2, 0.25) is 0 Å². The fourth-order valence-corrected chi connectivity index (χ4v) is 1.87. The highest BCUT2D eigenvalue weighted by molar-refractivity contribution is 5.73. The van der Waals surface area contributed by atoms with Gasteiger partial charge < -0.3 is 15.7 Å². The zero-order valence-electron chi connectivity index (χ0n) is 12.4. The predicted octanol–water partition coefficient (Wildman–Crippen LogP) is 2.33. The summed E-state index contributed by atoms with van der Waals surface area (Å²) in [4.78, 5) is 11.5. The van der Waals surface area contributed by atoms with Crippen molar-refractivity contribution in [2.45, 2.75) is 39.2 Å². The molecule has 0 bridgehead atoms. The minimum atomic E-state index is -0.477. The van der Waals surface area contributed by atoms with Gasteiger partial charge in [0.05, 0.1) is 6.10 Å². The molecule has 1 aromatic rings. The van der Waals surface area contributed by atoms with E-state index in [-0.39, 0.29) is 11.9 Å². The number of aliphatic hydroxyl groups excluding tert-OH is 1. The molecule has 2 unspecified atom stereocenters. The average molecular weight is 278 g/mol. The number of carbonyl (C=O) groups excluding carboxylic acids is 1. The Bertz CT molecular complexity index is 381. The maximum atomic E-state index is 11.5. The largest absolute Gasteiger partial charge is 0.391 e. The molecule has 0 saturated heterocycles. The summed E-state index contributed by atoms with van der Waals surface area (Å²) in [5.41, 5.74) is 1.28. The molecule has 1 rings (SSSR count). The molecule has 0 spiro atoms. The first-order chi connectivity index (χ1) is 9.63. The zero-order chi connectivity index (χ0) is 14.8. The lowest BCUT2D eigenvalue weighted by molar-refractivity contribution is 0.114. The van der Waals surface area contributed by atoms with Gasteiger partial charge in [0.1, 0.15) is 0 Å². The van der Waals surface area contributed by atoms with Gasteiger partial charge in [-0.2, -0.15) is 0 Å². The first-order valence-corrected chi connectivity index (χ1v) is 7.37. The van der Waals surface area contributed by atoms with Crippen LogP contribution in [0.3, 0.4) is 0 Å². The highest BCUT2D eigenvalue weighted by Gasteiger charge is 2.12. The van der Waals surface area contributed by atoms with Crippen LogP contribution in [0.4, 0.5) is 4.79 Å². The highest BCUT2D eigenvalue weighted by atomic mass is 16.3. The Kier molecular flexibility index (Phi) is 7.73. The van der Waals surface area contributed by atoms with Crippen molar-refractivity contribution in [3.05, 3.63) is 35.9 Å². The highest BCUT2D eigenvalue weighted by Crippen LogP contribution is 2.05. The van der Waals surface area contributed by atoms with E-state index in [0.29, 0.717) is 13.1 Å². The Morgan fingerprint density at radius 2 is 1.95 bits per heavy atom. The monoisotopic (exact) mass is 278 g/mol. The predicted molar refractivity (Wildman–Crippen MR) is 81.6 cm³/mol. The normalized spacial score (nSPS) is 13.6. The topological polar surface area (TPSA) is 61.4 Å². The van der Waals surface area contributed by atoms with Crippen molar-refractivity contribution in [2.24, 2.45) is 5.92 Å². The van der Waals surface area contributed by atoms with Gasteiger partial charge in [-0.25, -0.2) is 4.79 Å². The van der Waals surface area contributed by atoms with Crippen molar-refractivity contribution in [2.75, 3.05) is 13.1 Å². The van der Waals surface area contributed by atoms with Gasteiger partial charge in [0, 0.05) is 13.1 Å². The zero-order valence-corrected chi connectivity index (χ0v) is 12.4. The summed E-state index contributed by atoms with van der Waals surface area (Å²) in [5, 5.41) is 15.2. The van der Waals surface area contributed by atoms with Crippen LogP contribution in [0.1, 0.15) is 32.3 Å². The van der Waals surface area contributed by atoms with E-state index in [1.165, 1.54) is 5.56 Å². The second kappa shape index (κ2) is 9.37. The van der Waals surface area contributed by atoms with Crippen LogP contribution >= 0.6 is 0 Å². The standard InChI is InChI=1S/C16H26N2O2/c1-3-13(2)15(19)12-18-16(20)17-11-7-10-14-8-5-4-6-9-14/h4-6,8-9,13,15,19H,3,7,10-12H2,1-2H3,(H2,17,18,20). The second-order valence-corrected chi connectivity index (χ2v) is 5.18. The van der Waals surface area contributed by atoms with Crippen molar-refractivity contribution in [1.29, 1.82) is 0 Å². The van der Waals surface area contributed by atoms with Crippen molar-refractivity contribution in [1.82, 2.24) is 10.6 Å². The van der Waals surface area contributed by atoms with Gasteiger partial charge in [-0.15, -0.1) is 0 Å². The third-order valence-corrected chi connectivity index (χ3v) is 3.54. The Morgan fingerprint density at radius 3 is 2.60 bits per heavy atom. The van der Waals surface area contributed by atoms with Gasteiger partial charge in [-0.05, 0) is 24.3 Å². The summed E-state index contributed by atoms with van der Waals surface area (Å²) in [6, 6.07) is 10.0. The smallest absolute Gasteiger partial charge is 0.314 e. The summed E-state index contributed by atoms with van der Waals surface area (Å²) in [6.07, 6.45) is 2.29. The van der Waals surface area contributed by atoms with E-state index < -0.39 is 6.10 Å². The number of amides is 2. The van der Waals surface area contributed by atoms with Gasteiger partial charge in [0.2, 0.25) is 0 Å². The first kappa shape index (κ1) is 16.5. The molecule has 0 aliphatic rings. The van der Waals surface area contributed by atoms with E-state index >= 15 is 0 Å². The average Bonchev–Trinajstić information content (AvgIpc) is 2.49. The molecule has 1 aromatic carbocycles. The molecule has 0 saturated carbocycles.